The maximum Gasteiger partial charge on any atom is 0.135 e. The van der Waals surface area contributed by atoms with Crippen molar-refractivity contribution >= 4 is 5.78 Å². The van der Waals surface area contributed by atoms with E-state index >= 15 is 0 Å². The number of benzene rings is 1. The van der Waals surface area contributed by atoms with E-state index in [4.69, 9.17) is 4.74 Å². The molecule has 15 heavy (non-hydrogen) atoms. The standard InChI is InChI=1S/C12H13FO2/c13-12-4-2-1-3-9(12)8-15-11-6-5-10(14)7-11/h1-4,11H,5-8H2. The Kier molecular flexibility index (Phi) is 3.11. The number of ketones is 1. The molecule has 0 N–H and O–H groups in total. The second-order valence-corrected chi connectivity index (χ2v) is 3.81. The van der Waals surface area contributed by atoms with Gasteiger partial charge in [0.2, 0.25) is 0 Å². The number of hydrogen-bond donors (Lipinski definition) is 0. The van der Waals surface area contributed by atoms with Crippen LogP contribution in [0.5, 0.6) is 0 Å². The van der Waals surface area contributed by atoms with Gasteiger partial charge in [0, 0.05) is 18.4 Å². The normalized spacial score (nSPS) is 20.9. The molecule has 0 aromatic heterocycles. The molecule has 0 bridgehead atoms. The first-order chi connectivity index (χ1) is 7.25. The molecule has 1 atom stereocenters. The average Bonchev–Trinajstić information content (AvgIpc) is 2.63. The fraction of sp³-hybridized carbons (Fsp3) is 0.417. The SMILES string of the molecule is O=C1CCC(OCc2ccccc2F)C1. The van der Waals surface area contributed by atoms with Crippen LogP contribution >= 0.6 is 0 Å². The molecule has 0 saturated heterocycles. The summed E-state index contributed by atoms with van der Waals surface area (Å²) in [6.45, 7) is 0.255. The van der Waals surface area contributed by atoms with Crippen molar-refractivity contribution in [1.82, 2.24) is 0 Å². The second kappa shape index (κ2) is 4.53. The van der Waals surface area contributed by atoms with Crippen molar-refractivity contribution in [3.05, 3.63) is 35.6 Å². The molecule has 0 spiro atoms. The van der Waals surface area contributed by atoms with Crippen LogP contribution in [0, 0.1) is 5.82 Å². The zero-order valence-corrected chi connectivity index (χ0v) is 8.41. The van der Waals surface area contributed by atoms with E-state index in [0.29, 0.717) is 18.4 Å². The summed E-state index contributed by atoms with van der Waals surface area (Å²) in [7, 11) is 0. The lowest BCUT2D eigenvalue weighted by Gasteiger charge is -2.10. The average molecular weight is 208 g/mol. The Labute approximate surface area is 88.1 Å². The molecule has 1 aromatic carbocycles. The molecule has 1 aromatic rings. The van der Waals surface area contributed by atoms with Crippen LogP contribution in [-0.2, 0) is 16.1 Å². The highest BCUT2D eigenvalue weighted by atomic mass is 19.1. The highest BCUT2D eigenvalue weighted by Crippen LogP contribution is 2.20. The minimum absolute atomic E-state index is 0.0166. The highest BCUT2D eigenvalue weighted by molar-refractivity contribution is 5.81. The highest BCUT2D eigenvalue weighted by Gasteiger charge is 2.22. The molecule has 1 aliphatic carbocycles. The van der Waals surface area contributed by atoms with Gasteiger partial charge in [-0.05, 0) is 12.5 Å². The van der Waals surface area contributed by atoms with Crippen LogP contribution in [0.4, 0.5) is 4.39 Å². The molecule has 1 fully saturated rings. The van der Waals surface area contributed by atoms with Gasteiger partial charge in [0.15, 0.2) is 0 Å². The predicted octanol–water partition coefficient (Wildman–Crippen LogP) is 2.46. The lowest BCUT2D eigenvalue weighted by molar-refractivity contribution is -0.118. The molecule has 1 aliphatic rings. The van der Waals surface area contributed by atoms with E-state index in [-0.39, 0.29) is 24.3 Å². The van der Waals surface area contributed by atoms with E-state index in [2.05, 4.69) is 0 Å². The Bertz CT molecular complexity index is 362. The lowest BCUT2D eigenvalue weighted by Crippen LogP contribution is -2.09. The van der Waals surface area contributed by atoms with Gasteiger partial charge in [-0.2, -0.15) is 0 Å². The molecule has 80 valence electrons. The van der Waals surface area contributed by atoms with Crippen molar-refractivity contribution in [3.63, 3.8) is 0 Å². The van der Waals surface area contributed by atoms with Crippen LogP contribution < -0.4 is 0 Å². The topological polar surface area (TPSA) is 26.3 Å². The van der Waals surface area contributed by atoms with E-state index in [0.717, 1.165) is 6.42 Å². The van der Waals surface area contributed by atoms with E-state index in [1.807, 2.05) is 0 Å². The summed E-state index contributed by atoms with van der Waals surface area (Å²) in [5.74, 6) is -0.00430. The third-order valence-corrected chi connectivity index (χ3v) is 2.63. The van der Waals surface area contributed by atoms with Gasteiger partial charge in [0.1, 0.15) is 11.6 Å². The Morgan fingerprint density at radius 2 is 2.20 bits per heavy atom. The molecule has 0 radical (unpaired) electrons. The maximum absolute atomic E-state index is 13.2. The van der Waals surface area contributed by atoms with Crippen LogP contribution in [0.3, 0.4) is 0 Å². The van der Waals surface area contributed by atoms with Crippen molar-refractivity contribution in [3.8, 4) is 0 Å². The van der Waals surface area contributed by atoms with Gasteiger partial charge in [-0.25, -0.2) is 4.39 Å². The summed E-state index contributed by atoms with van der Waals surface area (Å²) in [4.78, 5) is 11.0. The molecule has 0 amide bonds. The van der Waals surface area contributed by atoms with Crippen molar-refractivity contribution in [2.75, 3.05) is 0 Å². The molecule has 1 saturated carbocycles. The van der Waals surface area contributed by atoms with Crippen LogP contribution in [0.1, 0.15) is 24.8 Å². The van der Waals surface area contributed by atoms with Crippen molar-refractivity contribution in [1.29, 1.82) is 0 Å². The monoisotopic (exact) mass is 208 g/mol. The summed E-state index contributed by atoms with van der Waals surface area (Å²) in [5, 5.41) is 0. The van der Waals surface area contributed by atoms with Gasteiger partial charge < -0.3 is 4.74 Å². The summed E-state index contributed by atoms with van der Waals surface area (Å²) in [6.07, 6.45) is 1.83. The van der Waals surface area contributed by atoms with Gasteiger partial charge in [0.25, 0.3) is 0 Å². The first kappa shape index (κ1) is 10.3. The minimum Gasteiger partial charge on any atom is -0.373 e. The molecular weight excluding hydrogens is 195 g/mol. The van der Waals surface area contributed by atoms with Gasteiger partial charge >= 0.3 is 0 Å². The number of hydrogen-bond acceptors (Lipinski definition) is 2. The van der Waals surface area contributed by atoms with Gasteiger partial charge in [0.05, 0.1) is 12.7 Å². The smallest absolute Gasteiger partial charge is 0.135 e. The van der Waals surface area contributed by atoms with Crippen LogP contribution in [0.2, 0.25) is 0 Å². The minimum atomic E-state index is -0.248. The van der Waals surface area contributed by atoms with Crippen LogP contribution in [-0.4, -0.2) is 11.9 Å². The van der Waals surface area contributed by atoms with Crippen molar-refractivity contribution in [2.24, 2.45) is 0 Å². The van der Waals surface area contributed by atoms with Crippen LogP contribution in [0.15, 0.2) is 24.3 Å². The fourth-order valence-corrected chi connectivity index (χ4v) is 1.75. The zero-order chi connectivity index (χ0) is 10.7. The van der Waals surface area contributed by atoms with Gasteiger partial charge in [-0.3, -0.25) is 4.79 Å². The Morgan fingerprint density at radius 3 is 2.87 bits per heavy atom. The molecule has 1 unspecified atom stereocenters. The molecular formula is C12H13FO2. The molecule has 3 heteroatoms. The third kappa shape index (κ3) is 2.63. The zero-order valence-electron chi connectivity index (χ0n) is 8.41. The van der Waals surface area contributed by atoms with Crippen LogP contribution in [0.25, 0.3) is 0 Å². The van der Waals surface area contributed by atoms with E-state index in [1.54, 1.807) is 18.2 Å². The number of halogens is 1. The quantitative estimate of drug-likeness (QED) is 0.762. The largest absolute Gasteiger partial charge is 0.373 e. The summed E-state index contributed by atoms with van der Waals surface area (Å²) < 4.78 is 18.7. The first-order valence-corrected chi connectivity index (χ1v) is 5.12. The first-order valence-electron chi connectivity index (χ1n) is 5.12. The number of ether oxygens (including phenoxy) is 1. The Morgan fingerprint density at radius 1 is 1.40 bits per heavy atom. The number of Topliss-reactive ketones (excluding diaryl/α,β-unsaturated/α-hetero) is 1. The predicted molar refractivity (Wildman–Crippen MR) is 53.8 cm³/mol. The molecule has 0 aliphatic heterocycles. The van der Waals surface area contributed by atoms with Crippen molar-refractivity contribution in [2.45, 2.75) is 32.0 Å². The fourth-order valence-electron chi connectivity index (χ4n) is 1.75. The number of carbonyl (C=O) groups is 1. The Hall–Kier alpha value is -1.22. The van der Waals surface area contributed by atoms with Gasteiger partial charge in [-0.1, -0.05) is 18.2 Å². The summed E-state index contributed by atoms with van der Waals surface area (Å²) >= 11 is 0. The Balaban J connectivity index is 1.88. The van der Waals surface area contributed by atoms with Crippen molar-refractivity contribution < 1.29 is 13.9 Å². The molecule has 2 rings (SSSR count). The van der Waals surface area contributed by atoms with E-state index < -0.39 is 0 Å². The number of carbonyl (C=O) groups excluding carboxylic acids is 1. The summed E-state index contributed by atoms with van der Waals surface area (Å²) in [5.41, 5.74) is 0.553. The second-order valence-electron chi connectivity index (χ2n) is 3.81. The van der Waals surface area contributed by atoms with E-state index in [1.165, 1.54) is 6.07 Å². The summed E-state index contributed by atoms with van der Waals surface area (Å²) in [6, 6.07) is 6.55. The molecule has 2 nitrogen and oxygen atoms in total. The lowest BCUT2D eigenvalue weighted by atomic mass is 10.2. The third-order valence-electron chi connectivity index (χ3n) is 2.63. The van der Waals surface area contributed by atoms with E-state index in [9.17, 15) is 9.18 Å². The maximum atomic E-state index is 13.2. The molecule has 0 heterocycles. The number of rotatable bonds is 3. The van der Waals surface area contributed by atoms with Gasteiger partial charge in [-0.15, -0.1) is 0 Å².